The van der Waals surface area contributed by atoms with Gasteiger partial charge in [-0.25, -0.2) is 0 Å². The third-order valence-electron chi connectivity index (χ3n) is 7.68. The molecule has 0 fully saturated rings. The van der Waals surface area contributed by atoms with Crippen molar-refractivity contribution in [1.29, 1.82) is 0 Å². The average molecular weight is 650 g/mol. The van der Waals surface area contributed by atoms with Gasteiger partial charge in [0.2, 0.25) is 5.91 Å². The lowest BCUT2D eigenvalue weighted by atomic mass is 10.1. The van der Waals surface area contributed by atoms with Gasteiger partial charge in [-0.05, 0) is 64.2 Å². The molecule has 0 aliphatic carbocycles. The van der Waals surface area contributed by atoms with E-state index in [1.807, 2.05) is 0 Å². The minimum absolute atomic E-state index is 0.250. The first-order valence-electron chi connectivity index (χ1n) is 18.0. The highest BCUT2D eigenvalue weighted by molar-refractivity contribution is 7.85. The highest BCUT2D eigenvalue weighted by Gasteiger charge is 2.24. The van der Waals surface area contributed by atoms with Crippen LogP contribution in [0.25, 0.3) is 0 Å². The van der Waals surface area contributed by atoms with Crippen molar-refractivity contribution >= 4 is 16.0 Å². The minimum Gasteiger partial charge on any atom is -0.387 e. The molecule has 0 spiro atoms. The Morgan fingerprint density at radius 3 is 1.67 bits per heavy atom. The summed E-state index contributed by atoms with van der Waals surface area (Å²) in [5.74, 6) is -1.05. The van der Waals surface area contributed by atoms with E-state index in [-0.39, 0.29) is 12.3 Å². The number of hydrogen-bond acceptors (Lipinski definition) is 4. The summed E-state index contributed by atoms with van der Waals surface area (Å²) in [5.41, 5.74) is 0. The molecule has 0 aromatic rings. The van der Waals surface area contributed by atoms with Crippen LogP contribution >= 0.6 is 0 Å². The van der Waals surface area contributed by atoms with E-state index in [4.69, 9.17) is 0 Å². The molecule has 3 N–H and O–H groups in total. The van der Waals surface area contributed by atoms with Gasteiger partial charge in [0.05, 0.1) is 17.9 Å². The summed E-state index contributed by atoms with van der Waals surface area (Å²) >= 11 is 0. The summed E-state index contributed by atoms with van der Waals surface area (Å²) in [5, 5.41) is 13.1. The highest BCUT2D eigenvalue weighted by Crippen LogP contribution is 2.12. The maximum atomic E-state index is 12.4. The molecule has 0 bridgehead atoms. The molecule has 0 saturated heterocycles. The first-order valence-corrected chi connectivity index (χ1v) is 19.6. The van der Waals surface area contributed by atoms with Gasteiger partial charge < -0.3 is 10.4 Å². The average Bonchev–Trinajstić information content (AvgIpc) is 3.00. The van der Waals surface area contributed by atoms with Gasteiger partial charge in [0.1, 0.15) is 0 Å². The SMILES string of the molecule is CC/C=C\C/C=C\C/C=C\CCCCCC(=O)NC(CS(=O)(=O)O)C(O)/C=C/CC/C=C/CCCCCCCCCCCCC. The molecule has 7 heteroatoms. The second-order valence-corrected chi connectivity index (χ2v) is 13.6. The van der Waals surface area contributed by atoms with Gasteiger partial charge in [-0.15, -0.1) is 0 Å². The second-order valence-electron chi connectivity index (χ2n) is 12.1. The van der Waals surface area contributed by atoms with Gasteiger partial charge in [0.25, 0.3) is 10.1 Å². The maximum Gasteiger partial charge on any atom is 0.267 e. The molecule has 0 aliphatic rings. The van der Waals surface area contributed by atoms with E-state index in [2.05, 4.69) is 67.8 Å². The van der Waals surface area contributed by atoms with Crippen molar-refractivity contribution in [2.24, 2.45) is 0 Å². The number of rotatable bonds is 31. The first-order chi connectivity index (χ1) is 21.8. The number of carbonyl (C=O) groups is 1. The summed E-state index contributed by atoms with van der Waals surface area (Å²) in [4.78, 5) is 12.4. The molecule has 260 valence electrons. The van der Waals surface area contributed by atoms with Crippen LogP contribution in [0.2, 0.25) is 0 Å². The monoisotopic (exact) mass is 649 g/mol. The number of hydrogen-bond donors (Lipinski definition) is 3. The van der Waals surface area contributed by atoms with E-state index in [0.29, 0.717) is 12.8 Å². The van der Waals surface area contributed by atoms with Crippen LogP contribution in [0, 0.1) is 0 Å². The van der Waals surface area contributed by atoms with Crippen molar-refractivity contribution in [3.05, 3.63) is 60.8 Å². The van der Waals surface area contributed by atoms with Gasteiger partial charge >= 0.3 is 0 Å². The van der Waals surface area contributed by atoms with E-state index in [1.165, 1.54) is 76.7 Å². The normalized spacial score (nSPS) is 14.1. The predicted molar refractivity (Wildman–Crippen MR) is 193 cm³/mol. The zero-order chi connectivity index (χ0) is 33.3. The topological polar surface area (TPSA) is 104 Å². The van der Waals surface area contributed by atoms with Crippen LogP contribution in [0.5, 0.6) is 0 Å². The number of unbranched alkanes of at least 4 members (excludes halogenated alkanes) is 15. The van der Waals surface area contributed by atoms with Crippen LogP contribution in [0.3, 0.4) is 0 Å². The Kier molecular flexibility index (Phi) is 30.6. The minimum atomic E-state index is -4.36. The van der Waals surface area contributed by atoms with Gasteiger partial charge in [-0.1, -0.05) is 145 Å². The van der Waals surface area contributed by atoms with Crippen molar-refractivity contribution in [3.8, 4) is 0 Å². The lowest BCUT2D eigenvalue weighted by molar-refractivity contribution is -0.122. The number of carbonyl (C=O) groups excluding carboxylic acids is 1. The number of aliphatic hydroxyl groups excluding tert-OH is 1. The maximum absolute atomic E-state index is 12.4. The fraction of sp³-hybridized carbons (Fsp3) is 0.711. The molecule has 0 rings (SSSR count). The van der Waals surface area contributed by atoms with Crippen molar-refractivity contribution in [2.45, 2.75) is 167 Å². The van der Waals surface area contributed by atoms with Crippen LogP contribution < -0.4 is 5.32 Å². The molecule has 0 aromatic carbocycles. The van der Waals surface area contributed by atoms with E-state index >= 15 is 0 Å². The lowest BCUT2D eigenvalue weighted by Crippen LogP contribution is -2.46. The van der Waals surface area contributed by atoms with Crippen molar-refractivity contribution in [2.75, 3.05) is 5.75 Å². The van der Waals surface area contributed by atoms with Crippen molar-refractivity contribution in [1.82, 2.24) is 5.32 Å². The van der Waals surface area contributed by atoms with E-state index in [9.17, 15) is 22.9 Å². The third-order valence-corrected chi connectivity index (χ3v) is 8.46. The van der Waals surface area contributed by atoms with E-state index in [0.717, 1.165) is 51.4 Å². The molecule has 45 heavy (non-hydrogen) atoms. The molecule has 0 heterocycles. The Labute approximate surface area is 277 Å². The van der Waals surface area contributed by atoms with Crippen LogP contribution in [0.15, 0.2) is 60.8 Å². The number of allylic oxidation sites excluding steroid dienone is 9. The van der Waals surface area contributed by atoms with Gasteiger partial charge in [-0.2, -0.15) is 8.42 Å². The molecule has 0 saturated carbocycles. The Morgan fingerprint density at radius 2 is 1.09 bits per heavy atom. The van der Waals surface area contributed by atoms with Crippen LogP contribution in [-0.2, 0) is 14.9 Å². The quantitative estimate of drug-likeness (QED) is 0.0394. The van der Waals surface area contributed by atoms with Crippen molar-refractivity contribution < 1.29 is 22.9 Å². The molecule has 0 aliphatic heterocycles. The van der Waals surface area contributed by atoms with Crippen LogP contribution in [-0.4, -0.2) is 41.9 Å². The standard InChI is InChI=1S/C38H67NO5S/c1-3-5-7-9-11-13-15-17-18-19-20-22-23-25-27-29-31-33-37(40)36(35-45(42,43)44)39-38(41)34-32-30-28-26-24-21-16-14-12-10-8-6-4-2/h6,8,12,14,21,23-25,31,33,36-37,40H,3-5,7,9-11,13,15-20,22,26-30,32,34-35H2,1-2H3,(H,39,41)(H,42,43,44)/b8-6-,14-12-,24-21-,25-23+,33-31+. The summed E-state index contributed by atoms with van der Waals surface area (Å²) in [6.45, 7) is 4.38. The first kappa shape index (κ1) is 43.0. The summed E-state index contributed by atoms with van der Waals surface area (Å²) in [6, 6.07) is -1.09. The molecular formula is C38H67NO5S. The summed E-state index contributed by atoms with van der Waals surface area (Å²) in [7, 11) is -4.36. The Bertz CT molecular complexity index is 936. The summed E-state index contributed by atoms with van der Waals surface area (Å²) < 4.78 is 32.3. The second kappa shape index (κ2) is 32.0. The summed E-state index contributed by atoms with van der Waals surface area (Å²) in [6.07, 6.45) is 43.5. The fourth-order valence-electron chi connectivity index (χ4n) is 5.01. The predicted octanol–water partition coefficient (Wildman–Crippen LogP) is 10.1. The fourth-order valence-corrected chi connectivity index (χ4v) is 5.74. The van der Waals surface area contributed by atoms with Gasteiger partial charge in [0, 0.05) is 6.42 Å². The Morgan fingerprint density at radius 1 is 0.622 bits per heavy atom. The zero-order valence-electron chi connectivity index (χ0n) is 28.7. The lowest BCUT2D eigenvalue weighted by Gasteiger charge is -2.21. The van der Waals surface area contributed by atoms with E-state index < -0.39 is 28.0 Å². The Balaban J connectivity index is 4.11. The number of aliphatic hydroxyl groups is 1. The van der Waals surface area contributed by atoms with Crippen LogP contribution in [0.4, 0.5) is 0 Å². The zero-order valence-corrected chi connectivity index (χ0v) is 29.5. The number of nitrogens with one attached hydrogen (secondary N) is 1. The molecule has 6 nitrogen and oxygen atoms in total. The molecule has 0 aromatic heterocycles. The molecule has 0 radical (unpaired) electrons. The molecular weight excluding hydrogens is 582 g/mol. The number of amides is 1. The van der Waals surface area contributed by atoms with Gasteiger partial charge in [0.15, 0.2) is 0 Å². The van der Waals surface area contributed by atoms with Crippen LogP contribution in [0.1, 0.15) is 155 Å². The molecule has 2 atom stereocenters. The molecule has 1 amide bonds. The van der Waals surface area contributed by atoms with Crippen molar-refractivity contribution in [3.63, 3.8) is 0 Å². The van der Waals surface area contributed by atoms with Gasteiger partial charge in [-0.3, -0.25) is 9.35 Å². The highest BCUT2D eigenvalue weighted by atomic mass is 32.2. The Hall–Kier alpha value is -1.96. The van der Waals surface area contributed by atoms with E-state index in [1.54, 1.807) is 6.08 Å². The third kappa shape index (κ3) is 33.2. The smallest absolute Gasteiger partial charge is 0.267 e. The largest absolute Gasteiger partial charge is 0.387 e. The molecule has 2 unspecified atom stereocenters.